The zero-order valence-corrected chi connectivity index (χ0v) is 27.8. The van der Waals surface area contributed by atoms with Gasteiger partial charge in [0.05, 0.1) is 31.3 Å². The second kappa shape index (κ2) is 14.0. The molecule has 2 aliphatic heterocycles. The third-order valence-corrected chi connectivity index (χ3v) is 9.33. The summed E-state index contributed by atoms with van der Waals surface area (Å²) in [6.45, 7) is 11.1. The number of carbonyl (C=O) groups excluding carboxylic acids is 2. The van der Waals surface area contributed by atoms with E-state index in [0.717, 1.165) is 44.8 Å². The van der Waals surface area contributed by atoms with Gasteiger partial charge in [-0.3, -0.25) is 9.69 Å². The van der Waals surface area contributed by atoms with Crippen molar-refractivity contribution in [1.29, 1.82) is 0 Å². The predicted octanol–water partition coefficient (Wildman–Crippen LogP) is 6.26. The fourth-order valence-electron chi connectivity index (χ4n) is 5.94. The molecule has 1 atom stereocenters. The molecule has 0 bridgehead atoms. The summed E-state index contributed by atoms with van der Waals surface area (Å²) in [6.07, 6.45) is 4.91. The predicted molar refractivity (Wildman–Crippen MR) is 184 cm³/mol. The van der Waals surface area contributed by atoms with Gasteiger partial charge in [0.15, 0.2) is 0 Å². The number of urea groups is 1. The molecular formula is C32H38Cl2N8O4. The molecule has 244 valence electrons. The normalized spacial score (nSPS) is 17.6. The van der Waals surface area contributed by atoms with Crippen LogP contribution in [0.5, 0.6) is 11.5 Å². The minimum absolute atomic E-state index is 0.118. The van der Waals surface area contributed by atoms with Crippen LogP contribution in [0.25, 0.3) is 0 Å². The molecule has 0 aliphatic carbocycles. The maximum atomic E-state index is 13.3. The Hall–Kier alpha value is -4.26. The van der Waals surface area contributed by atoms with Gasteiger partial charge in [0, 0.05) is 49.9 Å². The Kier molecular flexibility index (Phi) is 10.1. The number of methoxy groups -OCH3 is 2. The minimum Gasteiger partial charge on any atom is -0.495 e. The number of ether oxygens (including phenoxy) is 2. The van der Waals surface area contributed by atoms with Crippen LogP contribution in [-0.2, 0) is 4.79 Å². The maximum Gasteiger partial charge on any atom is 0.327 e. The fraction of sp³-hybridized carbons (Fsp3) is 0.375. The molecule has 2 saturated heterocycles. The van der Waals surface area contributed by atoms with Crippen LogP contribution < -0.4 is 35.2 Å². The van der Waals surface area contributed by atoms with Crippen LogP contribution in [0.4, 0.5) is 39.2 Å². The van der Waals surface area contributed by atoms with Crippen LogP contribution in [0.1, 0.15) is 19.8 Å². The van der Waals surface area contributed by atoms with Gasteiger partial charge in [-0.05, 0) is 50.2 Å². The first-order valence-electron chi connectivity index (χ1n) is 14.9. The first kappa shape index (κ1) is 33.1. The standard InChI is InChI=1S/C32H38Cl2N8O4/c1-6-27(43)38-22-14-20(42-13-11-32(18-42)10-12-41(7-2)17-32)8-9-21(22)37-25-16-26(36-19-35-25)40(3)31(44)39-30-28(33)23(45-4)15-24(46-5)29(30)34/h6,8-9,14-16,19H,1,7,10-13,17-18H2,2-5H3,(H,38,43)(H,39,44)(H,35,36,37). The van der Waals surface area contributed by atoms with Crippen LogP contribution in [-0.4, -0.2) is 80.8 Å². The Morgan fingerprint density at radius 2 is 1.74 bits per heavy atom. The van der Waals surface area contributed by atoms with E-state index in [9.17, 15) is 9.59 Å². The van der Waals surface area contributed by atoms with Crippen LogP contribution in [0.2, 0.25) is 10.0 Å². The molecule has 1 spiro atoms. The van der Waals surface area contributed by atoms with Crippen molar-refractivity contribution in [3.63, 3.8) is 0 Å². The number of aromatic nitrogens is 2. The van der Waals surface area contributed by atoms with Crippen molar-refractivity contribution < 1.29 is 19.1 Å². The van der Waals surface area contributed by atoms with Crippen molar-refractivity contribution in [2.45, 2.75) is 19.8 Å². The van der Waals surface area contributed by atoms with Crippen LogP contribution in [0.15, 0.2) is 49.3 Å². The van der Waals surface area contributed by atoms with Crippen molar-refractivity contribution in [1.82, 2.24) is 14.9 Å². The topological polar surface area (TPSA) is 124 Å². The molecule has 46 heavy (non-hydrogen) atoms. The second-order valence-electron chi connectivity index (χ2n) is 11.4. The average molecular weight is 670 g/mol. The van der Waals surface area contributed by atoms with Crippen LogP contribution in [0, 0.1) is 5.41 Å². The number of hydrogen-bond donors (Lipinski definition) is 3. The maximum absolute atomic E-state index is 13.3. The molecule has 2 aromatic carbocycles. The van der Waals surface area contributed by atoms with E-state index in [4.69, 9.17) is 32.7 Å². The van der Waals surface area contributed by atoms with E-state index in [-0.39, 0.29) is 39.0 Å². The molecule has 0 radical (unpaired) electrons. The van der Waals surface area contributed by atoms with Gasteiger partial charge in [-0.1, -0.05) is 36.7 Å². The zero-order valence-electron chi connectivity index (χ0n) is 26.3. The van der Waals surface area contributed by atoms with Crippen molar-refractivity contribution in [2.75, 3.05) is 79.7 Å². The number of halogens is 2. The molecule has 1 aromatic heterocycles. The van der Waals surface area contributed by atoms with Crippen LogP contribution in [0.3, 0.4) is 0 Å². The molecule has 12 nitrogen and oxygen atoms in total. The fourth-order valence-corrected chi connectivity index (χ4v) is 6.53. The van der Waals surface area contributed by atoms with E-state index in [1.165, 1.54) is 51.1 Å². The highest BCUT2D eigenvalue weighted by Crippen LogP contribution is 2.45. The highest BCUT2D eigenvalue weighted by molar-refractivity contribution is 6.41. The smallest absolute Gasteiger partial charge is 0.327 e. The minimum atomic E-state index is -0.570. The largest absolute Gasteiger partial charge is 0.495 e. The van der Waals surface area contributed by atoms with E-state index in [2.05, 4.69) is 49.2 Å². The van der Waals surface area contributed by atoms with Crippen molar-refractivity contribution in [3.8, 4) is 11.5 Å². The van der Waals surface area contributed by atoms with Gasteiger partial charge in [-0.25, -0.2) is 14.8 Å². The number of benzene rings is 2. The summed E-state index contributed by atoms with van der Waals surface area (Å²) >= 11 is 12.9. The lowest BCUT2D eigenvalue weighted by molar-refractivity contribution is -0.111. The van der Waals surface area contributed by atoms with Crippen molar-refractivity contribution >= 4 is 69.5 Å². The van der Waals surface area contributed by atoms with Gasteiger partial charge in [0.25, 0.3) is 0 Å². The molecule has 3 amide bonds. The van der Waals surface area contributed by atoms with Crippen molar-refractivity contribution in [3.05, 3.63) is 59.4 Å². The molecule has 5 rings (SSSR count). The number of likely N-dealkylation sites (tertiary alicyclic amines) is 1. The molecule has 3 aromatic rings. The number of nitrogens with zero attached hydrogens (tertiary/aromatic N) is 5. The Morgan fingerprint density at radius 1 is 1.02 bits per heavy atom. The Balaban J connectivity index is 1.34. The highest BCUT2D eigenvalue weighted by atomic mass is 35.5. The van der Waals surface area contributed by atoms with Crippen LogP contribution >= 0.6 is 23.2 Å². The molecule has 0 saturated carbocycles. The SMILES string of the molecule is C=CC(=O)Nc1cc(N2CCC3(CCN(CC)C3)C2)ccc1Nc1cc(N(C)C(=O)Nc2c(Cl)c(OC)cc(OC)c2Cl)ncn1. The molecule has 3 heterocycles. The number of anilines is 6. The summed E-state index contributed by atoms with van der Waals surface area (Å²) < 4.78 is 10.6. The summed E-state index contributed by atoms with van der Waals surface area (Å²) in [5, 5.41) is 9.12. The Bertz CT molecular complexity index is 1610. The summed E-state index contributed by atoms with van der Waals surface area (Å²) in [5.74, 6) is 0.914. The van der Waals surface area contributed by atoms with Gasteiger partial charge in [-0.15, -0.1) is 0 Å². The summed E-state index contributed by atoms with van der Waals surface area (Å²) in [6, 6.07) is 8.47. The summed E-state index contributed by atoms with van der Waals surface area (Å²) in [5.41, 5.74) is 2.66. The first-order valence-corrected chi connectivity index (χ1v) is 15.6. The molecule has 2 fully saturated rings. The van der Waals surface area contributed by atoms with Gasteiger partial charge in [0.2, 0.25) is 5.91 Å². The number of hydrogen-bond acceptors (Lipinski definition) is 9. The van der Waals surface area contributed by atoms with E-state index >= 15 is 0 Å². The molecule has 3 N–H and O–H groups in total. The lowest BCUT2D eigenvalue weighted by Crippen LogP contribution is -2.32. The van der Waals surface area contributed by atoms with E-state index in [0.29, 0.717) is 22.6 Å². The lowest BCUT2D eigenvalue weighted by atomic mass is 9.86. The van der Waals surface area contributed by atoms with Gasteiger partial charge < -0.3 is 35.2 Å². The number of nitrogens with one attached hydrogen (secondary N) is 3. The van der Waals surface area contributed by atoms with E-state index < -0.39 is 6.03 Å². The number of rotatable bonds is 10. The summed E-state index contributed by atoms with van der Waals surface area (Å²) in [4.78, 5) is 40.4. The van der Waals surface area contributed by atoms with Gasteiger partial charge in [0.1, 0.15) is 39.5 Å². The van der Waals surface area contributed by atoms with E-state index in [1.807, 2.05) is 18.2 Å². The Labute approximate surface area is 278 Å². The Morgan fingerprint density at radius 3 is 2.39 bits per heavy atom. The summed E-state index contributed by atoms with van der Waals surface area (Å²) in [7, 11) is 4.43. The third-order valence-electron chi connectivity index (χ3n) is 8.58. The zero-order chi connectivity index (χ0) is 33.0. The van der Waals surface area contributed by atoms with Gasteiger partial charge >= 0.3 is 6.03 Å². The molecular weight excluding hydrogens is 631 g/mol. The monoisotopic (exact) mass is 668 g/mol. The van der Waals surface area contributed by atoms with Gasteiger partial charge in [-0.2, -0.15) is 0 Å². The quantitative estimate of drug-likeness (QED) is 0.215. The molecule has 1 unspecified atom stereocenters. The molecule has 14 heteroatoms. The van der Waals surface area contributed by atoms with E-state index in [1.54, 1.807) is 6.07 Å². The number of carbonyl (C=O) groups is 2. The first-order chi connectivity index (χ1) is 22.1. The third kappa shape index (κ3) is 6.93. The molecule has 2 aliphatic rings. The highest BCUT2D eigenvalue weighted by Gasteiger charge is 2.43. The lowest BCUT2D eigenvalue weighted by Gasteiger charge is -2.26. The average Bonchev–Trinajstić information content (AvgIpc) is 3.69. The number of amides is 3. The van der Waals surface area contributed by atoms with Crippen molar-refractivity contribution in [2.24, 2.45) is 5.41 Å². The second-order valence-corrected chi connectivity index (χ2v) is 12.1.